The molecule has 0 amide bonds. The molecule has 2 heteroatoms. The van der Waals surface area contributed by atoms with Gasteiger partial charge >= 0.3 is 0 Å². The summed E-state index contributed by atoms with van der Waals surface area (Å²) in [5.74, 6) is 0.873. The van der Waals surface area contributed by atoms with Gasteiger partial charge in [-0.05, 0) is 24.6 Å². The molecule has 1 aliphatic heterocycles. The Morgan fingerprint density at radius 1 is 1.05 bits per heavy atom. The van der Waals surface area contributed by atoms with Gasteiger partial charge in [0.15, 0.2) is 5.78 Å². The fourth-order valence-electron chi connectivity index (χ4n) is 2.65. The summed E-state index contributed by atoms with van der Waals surface area (Å²) in [5.41, 5.74) is 1.44. The van der Waals surface area contributed by atoms with Crippen LogP contribution in [0.1, 0.15) is 29.3 Å². The van der Waals surface area contributed by atoms with Gasteiger partial charge in [-0.1, -0.05) is 42.5 Å². The lowest BCUT2D eigenvalue weighted by Crippen LogP contribution is -2.41. The smallest absolute Gasteiger partial charge is 0.170 e. The molecule has 1 unspecified atom stereocenters. The molecule has 0 saturated carbocycles. The third-order valence-electron chi connectivity index (χ3n) is 3.50. The Morgan fingerprint density at radius 3 is 2.53 bits per heavy atom. The van der Waals surface area contributed by atoms with Crippen LogP contribution < -0.4 is 4.74 Å². The molecule has 3 rings (SSSR count). The number of benzene rings is 2. The molecule has 2 nitrogen and oxygen atoms in total. The van der Waals surface area contributed by atoms with Crippen molar-refractivity contribution in [3.63, 3.8) is 0 Å². The lowest BCUT2D eigenvalue weighted by molar-refractivity contribution is 0.0523. The van der Waals surface area contributed by atoms with E-state index in [0.29, 0.717) is 17.7 Å². The monoisotopic (exact) mass is 252 g/mol. The fourth-order valence-corrected chi connectivity index (χ4v) is 2.65. The Morgan fingerprint density at radius 2 is 1.74 bits per heavy atom. The number of rotatable bonds is 2. The van der Waals surface area contributed by atoms with E-state index in [-0.39, 0.29) is 5.78 Å². The van der Waals surface area contributed by atoms with Gasteiger partial charge in [0.05, 0.1) is 12.0 Å². The summed E-state index contributed by atoms with van der Waals surface area (Å²) >= 11 is 0. The normalized spacial score (nSPS) is 21.6. The average molecular weight is 252 g/mol. The van der Waals surface area contributed by atoms with E-state index in [4.69, 9.17) is 4.74 Å². The largest absolute Gasteiger partial charge is 0.486 e. The summed E-state index contributed by atoms with van der Waals surface area (Å²) in [7, 11) is 0. The Kier molecular flexibility index (Phi) is 2.86. The van der Waals surface area contributed by atoms with E-state index in [9.17, 15) is 4.79 Å². The summed E-state index contributed by atoms with van der Waals surface area (Å²) in [6.07, 6.45) is 1.17. The van der Waals surface area contributed by atoms with Crippen molar-refractivity contribution in [2.75, 3.05) is 0 Å². The number of Topliss-reactive ketones (excluding diaryl/α,β-unsaturated/α-hetero) is 1. The molecule has 0 N–H and O–H groups in total. The molecule has 96 valence electrons. The Bertz CT molecular complexity index is 604. The maximum atomic E-state index is 12.2. The molecule has 1 atom stereocenters. The highest BCUT2D eigenvalue weighted by atomic mass is 16.5. The van der Waals surface area contributed by atoms with Crippen molar-refractivity contribution in [1.29, 1.82) is 0 Å². The van der Waals surface area contributed by atoms with Gasteiger partial charge in [-0.15, -0.1) is 0 Å². The summed E-state index contributed by atoms with van der Waals surface area (Å²) in [6.45, 7) is 2.01. The lowest BCUT2D eigenvalue weighted by Gasteiger charge is -2.35. The van der Waals surface area contributed by atoms with E-state index in [1.165, 1.54) is 5.56 Å². The predicted molar refractivity (Wildman–Crippen MR) is 74.6 cm³/mol. The minimum absolute atomic E-state index is 0.167. The van der Waals surface area contributed by atoms with Crippen LogP contribution in [0.2, 0.25) is 0 Å². The van der Waals surface area contributed by atoms with Gasteiger partial charge in [-0.2, -0.15) is 0 Å². The van der Waals surface area contributed by atoms with E-state index in [0.717, 1.165) is 6.42 Å². The van der Waals surface area contributed by atoms with Crippen molar-refractivity contribution < 1.29 is 9.53 Å². The molecule has 0 spiro atoms. The standard InChI is InChI=1S/C17H16O2/c1-17(11-13-7-3-2-4-8-13)12-15(18)14-9-5-6-10-16(14)19-17/h2-10H,11-12H2,1H3. The van der Waals surface area contributed by atoms with E-state index < -0.39 is 5.60 Å². The average Bonchev–Trinajstić information content (AvgIpc) is 2.39. The van der Waals surface area contributed by atoms with Crippen LogP contribution in [0.25, 0.3) is 0 Å². The SMILES string of the molecule is CC1(Cc2ccccc2)CC(=O)c2ccccc2O1. The first-order valence-electron chi connectivity index (χ1n) is 6.51. The van der Waals surface area contributed by atoms with Gasteiger partial charge in [-0.3, -0.25) is 4.79 Å². The molecule has 0 bridgehead atoms. The van der Waals surface area contributed by atoms with Crippen LogP contribution in [0.3, 0.4) is 0 Å². The van der Waals surface area contributed by atoms with Crippen LogP contribution in [-0.4, -0.2) is 11.4 Å². The van der Waals surface area contributed by atoms with Crippen molar-refractivity contribution in [2.45, 2.75) is 25.4 Å². The predicted octanol–water partition coefficient (Wildman–Crippen LogP) is 3.65. The minimum Gasteiger partial charge on any atom is -0.486 e. The van der Waals surface area contributed by atoms with Gasteiger partial charge in [0.1, 0.15) is 11.4 Å². The third-order valence-corrected chi connectivity index (χ3v) is 3.50. The highest BCUT2D eigenvalue weighted by Crippen LogP contribution is 2.34. The molecule has 2 aromatic rings. The van der Waals surface area contributed by atoms with Crippen LogP contribution in [-0.2, 0) is 6.42 Å². The zero-order valence-electron chi connectivity index (χ0n) is 10.9. The van der Waals surface area contributed by atoms with Gasteiger partial charge in [0, 0.05) is 6.42 Å². The maximum Gasteiger partial charge on any atom is 0.170 e. The fraction of sp³-hybridized carbons (Fsp3) is 0.235. The zero-order valence-corrected chi connectivity index (χ0v) is 10.9. The van der Waals surface area contributed by atoms with Crippen LogP contribution in [0.5, 0.6) is 5.75 Å². The van der Waals surface area contributed by atoms with Crippen molar-refractivity contribution in [1.82, 2.24) is 0 Å². The van der Waals surface area contributed by atoms with E-state index in [1.807, 2.05) is 49.4 Å². The highest BCUT2D eigenvalue weighted by Gasteiger charge is 2.36. The number of carbonyl (C=O) groups excluding carboxylic acids is 1. The Labute approximate surface area is 113 Å². The van der Waals surface area contributed by atoms with Crippen LogP contribution in [0, 0.1) is 0 Å². The van der Waals surface area contributed by atoms with Crippen molar-refractivity contribution in [3.8, 4) is 5.75 Å². The van der Waals surface area contributed by atoms with Crippen LogP contribution in [0.4, 0.5) is 0 Å². The topological polar surface area (TPSA) is 26.3 Å². The Balaban J connectivity index is 1.89. The number of fused-ring (bicyclic) bond motifs is 1. The first kappa shape index (κ1) is 12.0. The van der Waals surface area contributed by atoms with E-state index >= 15 is 0 Å². The molecule has 0 radical (unpaired) electrons. The van der Waals surface area contributed by atoms with E-state index in [1.54, 1.807) is 0 Å². The molecule has 0 saturated heterocycles. The molecule has 0 fully saturated rings. The summed E-state index contributed by atoms with van der Waals surface area (Å²) in [5, 5.41) is 0. The molecule has 19 heavy (non-hydrogen) atoms. The molecule has 0 aliphatic carbocycles. The summed E-state index contributed by atoms with van der Waals surface area (Å²) in [4.78, 5) is 12.2. The number of hydrogen-bond donors (Lipinski definition) is 0. The van der Waals surface area contributed by atoms with Crippen molar-refractivity contribution in [2.24, 2.45) is 0 Å². The van der Waals surface area contributed by atoms with Crippen LogP contribution in [0.15, 0.2) is 54.6 Å². The molecule has 2 aromatic carbocycles. The van der Waals surface area contributed by atoms with Gasteiger partial charge in [-0.25, -0.2) is 0 Å². The molecule has 0 aromatic heterocycles. The zero-order chi connectivity index (χ0) is 13.3. The number of para-hydroxylation sites is 1. The van der Waals surface area contributed by atoms with Gasteiger partial charge in [0.25, 0.3) is 0 Å². The maximum absolute atomic E-state index is 12.2. The first-order valence-corrected chi connectivity index (χ1v) is 6.51. The molecule has 1 aliphatic rings. The second-order valence-electron chi connectivity index (χ2n) is 5.31. The lowest BCUT2D eigenvalue weighted by atomic mass is 9.86. The first-order chi connectivity index (χ1) is 9.16. The number of ketones is 1. The third kappa shape index (κ3) is 2.39. The summed E-state index contributed by atoms with van der Waals surface area (Å²) in [6, 6.07) is 17.6. The summed E-state index contributed by atoms with van der Waals surface area (Å²) < 4.78 is 6.07. The second kappa shape index (κ2) is 4.54. The quantitative estimate of drug-likeness (QED) is 0.815. The number of carbonyl (C=O) groups is 1. The van der Waals surface area contributed by atoms with Crippen molar-refractivity contribution >= 4 is 5.78 Å². The molecular weight excluding hydrogens is 236 g/mol. The Hall–Kier alpha value is -2.09. The molecule has 1 heterocycles. The number of hydrogen-bond acceptors (Lipinski definition) is 2. The van der Waals surface area contributed by atoms with Crippen molar-refractivity contribution in [3.05, 3.63) is 65.7 Å². The van der Waals surface area contributed by atoms with Gasteiger partial charge in [0.2, 0.25) is 0 Å². The minimum atomic E-state index is -0.452. The van der Waals surface area contributed by atoms with E-state index in [2.05, 4.69) is 12.1 Å². The van der Waals surface area contributed by atoms with Crippen LogP contribution >= 0.6 is 0 Å². The molecular formula is C17H16O2. The number of ether oxygens (including phenoxy) is 1. The van der Waals surface area contributed by atoms with Gasteiger partial charge < -0.3 is 4.74 Å². The second-order valence-corrected chi connectivity index (χ2v) is 5.31. The highest BCUT2D eigenvalue weighted by molar-refractivity contribution is 6.00.